The van der Waals surface area contributed by atoms with Crippen molar-refractivity contribution in [3.05, 3.63) is 144 Å². The van der Waals surface area contributed by atoms with Crippen molar-refractivity contribution >= 4 is 56.4 Å². The van der Waals surface area contributed by atoms with Crippen LogP contribution in [0.4, 0.5) is 0 Å². The number of para-hydroxylation sites is 3. The molecule has 0 aliphatic carbocycles. The highest BCUT2D eigenvalue weighted by Gasteiger charge is 2.32. The van der Waals surface area contributed by atoms with Gasteiger partial charge in [0.05, 0.1) is 6.04 Å². The van der Waals surface area contributed by atoms with Gasteiger partial charge < -0.3 is 41.7 Å². The largest absolute Gasteiger partial charge is 0.480 e. The van der Waals surface area contributed by atoms with Gasteiger partial charge in [-0.05, 0) is 46.9 Å². The Hall–Kier alpha value is -6.66. The van der Waals surface area contributed by atoms with Crippen LogP contribution in [-0.4, -0.2) is 67.9 Å². The minimum atomic E-state index is -1.28. The lowest BCUT2D eigenvalue weighted by molar-refractivity contribution is -0.142. The van der Waals surface area contributed by atoms with Gasteiger partial charge >= 0.3 is 5.97 Å². The monoisotopic (exact) mass is 723 g/mol. The molecule has 54 heavy (non-hydrogen) atoms. The first-order chi connectivity index (χ1) is 26.2. The number of aromatic amines is 3. The van der Waals surface area contributed by atoms with Gasteiger partial charge in [-0.3, -0.25) is 14.4 Å². The quantitative estimate of drug-likeness (QED) is 0.0777. The van der Waals surface area contributed by atoms with Crippen LogP contribution in [0.3, 0.4) is 0 Å². The van der Waals surface area contributed by atoms with E-state index >= 15 is 0 Å². The number of hydrogen-bond donors (Lipinski definition) is 8. The number of fused-ring (bicyclic) bond motifs is 3. The van der Waals surface area contributed by atoms with Crippen molar-refractivity contribution in [3.63, 3.8) is 0 Å². The summed E-state index contributed by atoms with van der Waals surface area (Å²) in [6, 6.07) is 27.4. The molecule has 0 radical (unpaired) electrons. The van der Waals surface area contributed by atoms with E-state index < -0.39 is 47.9 Å². The number of hydrogen-bond acceptors (Lipinski definition) is 5. The third-order valence-electron chi connectivity index (χ3n) is 9.81. The fourth-order valence-corrected chi connectivity index (χ4v) is 6.96. The molecule has 0 spiro atoms. The summed E-state index contributed by atoms with van der Waals surface area (Å²) >= 11 is 0. The molecule has 7 rings (SSSR count). The summed E-state index contributed by atoms with van der Waals surface area (Å²) in [7, 11) is 0. The molecule has 4 atom stereocenters. The summed E-state index contributed by atoms with van der Waals surface area (Å²) < 4.78 is 0. The van der Waals surface area contributed by atoms with Crippen molar-refractivity contribution in [1.29, 1.82) is 0 Å². The number of H-pyrrole nitrogens is 3. The van der Waals surface area contributed by atoms with Gasteiger partial charge in [-0.15, -0.1) is 0 Å². The number of nitrogens with two attached hydrogens (primary N) is 1. The topological polar surface area (TPSA) is 198 Å². The maximum Gasteiger partial charge on any atom is 0.326 e. The van der Waals surface area contributed by atoms with Gasteiger partial charge in [-0.25, -0.2) is 4.79 Å². The zero-order valence-electron chi connectivity index (χ0n) is 29.3. The number of carbonyl (C=O) groups is 4. The Morgan fingerprint density at radius 1 is 0.500 bits per heavy atom. The Balaban J connectivity index is 1.13. The number of amides is 3. The number of rotatable bonds is 15. The summed E-state index contributed by atoms with van der Waals surface area (Å²) in [6.45, 7) is 0. The lowest BCUT2D eigenvalue weighted by atomic mass is 10.00. The first kappa shape index (κ1) is 35.7. The molecule has 3 heterocycles. The molecular formula is C42H41N7O5. The van der Waals surface area contributed by atoms with Crippen molar-refractivity contribution in [2.75, 3.05) is 0 Å². The van der Waals surface area contributed by atoms with Crippen LogP contribution >= 0.6 is 0 Å². The summed E-state index contributed by atoms with van der Waals surface area (Å²) in [4.78, 5) is 64.1. The molecule has 0 fully saturated rings. The predicted octanol–water partition coefficient (Wildman–Crippen LogP) is 4.27. The average molecular weight is 724 g/mol. The minimum absolute atomic E-state index is 0.0185. The molecule has 0 saturated carbocycles. The van der Waals surface area contributed by atoms with Crippen molar-refractivity contribution in [1.82, 2.24) is 30.9 Å². The van der Waals surface area contributed by atoms with Crippen LogP contribution in [0.5, 0.6) is 0 Å². The Labute approximate surface area is 310 Å². The maximum absolute atomic E-state index is 14.3. The highest BCUT2D eigenvalue weighted by molar-refractivity contribution is 5.95. The zero-order chi connectivity index (χ0) is 37.6. The molecule has 0 aliphatic rings. The smallest absolute Gasteiger partial charge is 0.326 e. The van der Waals surface area contributed by atoms with Gasteiger partial charge in [0, 0.05) is 70.6 Å². The van der Waals surface area contributed by atoms with E-state index in [2.05, 4.69) is 30.9 Å². The second kappa shape index (κ2) is 15.9. The van der Waals surface area contributed by atoms with E-state index in [4.69, 9.17) is 5.73 Å². The Bertz CT molecular complexity index is 2430. The van der Waals surface area contributed by atoms with E-state index in [1.54, 1.807) is 12.4 Å². The molecule has 4 aromatic carbocycles. The summed E-state index contributed by atoms with van der Waals surface area (Å²) in [5.74, 6) is -3.04. The Morgan fingerprint density at radius 2 is 0.889 bits per heavy atom. The zero-order valence-corrected chi connectivity index (χ0v) is 29.3. The third kappa shape index (κ3) is 8.03. The average Bonchev–Trinajstić information content (AvgIpc) is 3.91. The van der Waals surface area contributed by atoms with Crippen LogP contribution in [0.25, 0.3) is 32.7 Å². The van der Waals surface area contributed by atoms with Crippen LogP contribution < -0.4 is 21.7 Å². The number of aliphatic carboxylic acids is 1. The molecule has 274 valence electrons. The summed E-state index contributed by atoms with van der Waals surface area (Å²) in [6.07, 6.45) is 5.76. The van der Waals surface area contributed by atoms with Gasteiger partial charge in [-0.2, -0.15) is 0 Å². The highest BCUT2D eigenvalue weighted by Crippen LogP contribution is 2.22. The number of carbonyl (C=O) groups excluding carboxylic acids is 3. The Kier molecular flexibility index (Phi) is 10.5. The van der Waals surface area contributed by atoms with Gasteiger partial charge in [0.25, 0.3) is 0 Å². The fourth-order valence-electron chi connectivity index (χ4n) is 6.96. The molecular weight excluding hydrogens is 683 g/mol. The summed E-state index contributed by atoms with van der Waals surface area (Å²) in [5.41, 5.74) is 12.2. The van der Waals surface area contributed by atoms with Gasteiger partial charge in [0.15, 0.2) is 0 Å². The second-order valence-electron chi connectivity index (χ2n) is 13.5. The van der Waals surface area contributed by atoms with E-state index in [0.717, 1.165) is 55.0 Å². The van der Waals surface area contributed by atoms with Crippen LogP contribution in [-0.2, 0) is 44.9 Å². The number of carboxylic acid groups (broad SMARTS) is 1. The van der Waals surface area contributed by atoms with Crippen LogP contribution in [0.15, 0.2) is 122 Å². The van der Waals surface area contributed by atoms with Crippen LogP contribution in [0.2, 0.25) is 0 Å². The van der Waals surface area contributed by atoms with Gasteiger partial charge in [0.2, 0.25) is 17.7 Å². The Morgan fingerprint density at radius 3 is 1.39 bits per heavy atom. The molecule has 0 bridgehead atoms. The van der Waals surface area contributed by atoms with Crippen molar-refractivity contribution < 1.29 is 24.3 Å². The van der Waals surface area contributed by atoms with Gasteiger partial charge in [0.1, 0.15) is 18.1 Å². The molecule has 0 aliphatic heterocycles. The van der Waals surface area contributed by atoms with Crippen LogP contribution in [0, 0.1) is 0 Å². The first-order valence-electron chi connectivity index (χ1n) is 17.8. The molecule has 9 N–H and O–H groups in total. The minimum Gasteiger partial charge on any atom is -0.480 e. The summed E-state index contributed by atoms with van der Waals surface area (Å²) in [5, 5.41) is 21.3. The van der Waals surface area contributed by atoms with E-state index in [1.807, 2.05) is 109 Å². The van der Waals surface area contributed by atoms with Gasteiger partial charge in [-0.1, -0.05) is 84.9 Å². The molecule has 3 amide bonds. The highest BCUT2D eigenvalue weighted by atomic mass is 16.4. The molecule has 3 aromatic heterocycles. The van der Waals surface area contributed by atoms with E-state index in [9.17, 15) is 24.3 Å². The number of nitrogens with one attached hydrogen (secondary N) is 6. The normalized spacial score (nSPS) is 13.6. The molecule has 7 aromatic rings. The van der Waals surface area contributed by atoms with Crippen molar-refractivity contribution in [3.8, 4) is 0 Å². The third-order valence-corrected chi connectivity index (χ3v) is 9.81. The van der Waals surface area contributed by atoms with Crippen molar-refractivity contribution in [2.24, 2.45) is 5.73 Å². The number of benzene rings is 4. The fraction of sp³-hybridized carbons (Fsp3) is 0.190. The standard InChI is InChI=1S/C42H41N7O5/c43-32(19-26-22-44-33-15-7-4-12-29(26)33)39(50)47-37(20-27-23-45-34-16-8-5-13-30(27)34)41(52)48-36(18-25-10-2-1-3-11-25)40(51)49-38(42(53)54)21-28-24-46-35-17-9-6-14-31(28)35/h1-17,22-24,32,36-38,44-46H,18-21,43H2,(H,47,50)(H,48,52)(H,49,51)(H,53,54). The molecule has 12 nitrogen and oxygen atoms in total. The second-order valence-corrected chi connectivity index (χ2v) is 13.5. The lowest BCUT2D eigenvalue weighted by Crippen LogP contribution is -2.58. The maximum atomic E-state index is 14.3. The van der Waals surface area contributed by atoms with Crippen LogP contribution in [0.1, 0.15) is 22.3 Å². The molecule has 12 heteroatoms. The molecule has 4 unspecified atom stereocenters. The van der Waals surface area contributed by atoms with Crippen molar-refractivity contribution in [2.45, 2.75) is 49.9 Å². The lowest BCUT2D eigenvalue weighted by Gasteiger charge is -2.25. The number of carboxylic acids is 1. The SMILES string of the molecule is NC(Cc1c[nH]c2ccccc12)C(=O)NC(Cc1c[nH]c2ccccc12)C(=O)NC(Cc1ccccc1)C(=O)NC(Cc1c[nH]c2ccccc12)C(=O)O. The number of aromatic nitrogens is 3. The predicted molar refractivity (Wildman–Crippen MR) is 208 cm³/mol. The van der Waals surface area contributed by atoms with E-state index in [0.29, 0.717) is 0 Å². The first-order valence-corrected chi connectivity index (χ1v) is 17.8. The van der Waals surface area contributed by atoms with E-state index in [1.165, 1.54) is 0 Å². The van der Waals surface area contributed by atoms with E-state index in [-0.39, 0.29) is 25.7 Å². The molecule has 0 saturated heterocycles.